The third-order valence-corrected chi connectivity index (χ3v) is 5.46. The van der Waals surface area contributed by atoms with E-state index in [2.05, 4.69) is 20.7 Å². The molecule has 2 amide bonds. The Balaban J connectivity index is 1.63. The van der Waals surface area contributed by atoms with Crippen molar-refractivity contribution in [2.24, 2.45) is 5.92 Å². The number of hydrogen-bond acceptors (Lipinski definition) is 5. The van der Waals surface area contributed by atoms with E-state index in [1.54, 1.807) is 12.1 Å². The Morgan fingerprint density at radius 1 is 1.21 bits per heavy atom. The van der Waals surface area contributed by atoms with Crippen LogP contribution in [0.2, 0.25) is 5.02 Å². The van der Waals surface area contributed by atoms with Gasteiger partial charge >= 0.3 is 0 Å². The number of hydrogen-bond donors (Lipinski definition) is 1. The van der Waals surface area contributed by atoms with Gasteiger partial charge in [-0.05, 0) is 55.2 Å². The highest BCUT2D eigenvalue weighted by atomic mass is 35.5. The number of amides is 2. The van der Waals surface area contributed by atoms with Crippen LogP contribution in [0.4, 0.5) is 0 Å². The molecule has 9 heteroatoms. The van der Waals surface area contributed by atoms with E-state index < -0.39 is 6.04 Å². The smallest absolute Gasteiger partial charge is 0.249 e. The van der Waals surface area contributed by atoms with Crippen molar-refractivity contribution in [1.82, 2.24) is 30.4 Å². The zero-order valence-corrected chi connectivity index (χ0v) is 17.6. The molecule has 1 atom stereocenters. The van der Waals surface area contributed by atoms with Crippen molar-refractivity contribution in [3.8, 4) is 11.4 Å². The summed E-state index contributed by atoms with van der Waals surface area (Å²) in [6.45, 7) is 5.79. The van der Waals surface area contributed by atoms with E-state index in [1.165, 1.54) is 4.80 Å². The number of tetrazole rings is 1. The number of carbonyl (C=O) groups is 2. The molecule has 1 aromatic heterocycles. The quantitative estimate of drug-likeness (QED) is 0.746. The second-order valence-electron chi connectivity index (χ2n) is 7.25. The van der Waals surface area contributed by atoms with E-state index in [1.807, 2.05) is 30.9 Å². The summed E-state index contributed by atoms with van der Waals surface area (Å²) in [5.74, 6) is 0.502. The van der Waals surface area contributed by atoms with Crippen molar-refractivity contribution in [2.75, 3.05) is 19.6 Å². The zero-order valence-electron chi connectivity index (χ0n) is 16.8. The lowest BCUT2D eigenvalue weighted by atomic mass is 9.95. The number of halogens is 1. The molecule has 1 aromatic carbocycles. The Morgan fingerprint density at radius 2 is 1.90 bits per heavy atom. The predicted molar refractivity (Wildman–Crippen MR) is 110 cm³/mol. The molecule has 156 valence electrons. The summed E-state index contributed by atoms with van der Waals surface area (Å²) in [6.07, 6.45) is 2.84. The molecule has 1 aliphatic heterocycles. The SMILES string of the molecule is CCCNC(=O)C1CCN(C(=O)C(CC)n2nnc(-c3ccc(Cl)cc3)n2)CC1. The Hall–Kier alpha value is -2.48. The van der Waals surface area contributed by atoms with Crippen LogP contribution < -0.4 is 5.32 Å². The second kappa shape index (κ2) is 9.82. The van der Waals surface area contributed by atoms with Crippen LogP contribution >= 0.6 is 11.6 Å². The summed E-state index contributed by atoms with van der Waals surface area (Å²) in [6, 6.07) is 6.66. The largest absolute Gasteiger partial charge is 0.356 e. The first kappa shape index (κ1) is 21.2. The molecule has 0 saturated carbocycles. The normalized spacial score (nSPS) is 15.9. The van der Waals surface area contributed by atoms with Crippen molar-refractivity contribution in [1.29, 1.82) is 0 Å². The fourth-order valence-corrected chi connectivity index (χ4v) is 3.60. The Morgan fingerprint density at radius 3 is 2.52 bits per heavy atom. The van der Waals surface area contributed by atoms with E-state index >= 15 is 0 Å². The van der Waals surface area contributed by atoms with Gasteiger partial charge in [-0.3, -0.25) is 9.59 Å². The summed E-state index contributed by atoms with van der Waals surface area (Å²) in [7, 11) is 0. The number of likely N-dealkylation sites (tertiary alicyclic amines) is 1. The van der Waals surface area contributed by atoms with Crippen LogP contribution in [-0.2, 0) is 9.59 Å². The van der Waals surface area contributed by atoms with Gasteiger partial charge in [0.25, 0.3) is 0 Å². The van der Waals surface area contributed by atoms with Gasteiger partial charge in [-0.1, -0.05) is 25.4 Å². The molecule has 0 aliphatic carbocycles. The standard InChI is InChI=1S/C20H27ClN6O2/c1-3-11-22-19(28)15-9-12-26(13-10-15)20(29)17(4-2)27-24-18(23-25-27)14-5-7-16(21)8-6-14/h5-8,15,17H,3-4,9-13H2,1-2H3,(H,22,28). The highest BCUT2D eigenvalue weighted by molar-refractivity contribution is 6.30. The topological polar surface area (TPSA) is 93.0 Å². The van der Waals surface area contributed by atoms with Gasteiger partial charge in [0.15, 0.2) is 6.04 Å². The molecule has 1 aliphatic rings. The summed E-state index contributed by atoms with van der Waals surface area (Å²) in [5.41, 5.74) is 0.793. The van der Waals surface area contributed by atoms with Gasteiger partial charge in [0.2, 0.25) is 17.6 Å². The highest BCUT2D eigenvalue weighted by Crippen LogP contribution is 2.23. The van der Waals surface area contributed by atoms with E-state index in [9.17, 15) is 9.59 Å². The van der Waals surface area contributed by atoms with Gasteiger partial charge < -0.3 is 10.2 Å². The third kappa shape index (κ3) is 5.12. The number of piperidine rings is 1. The Labute approximate surface area is 175 Å². The summed E-state index contributed by atoms with van der Waals surface area (Å²) >= 11 is 5.92. The number of nitrogens with one attached hydrogen (secondary N) is 1. The molecule has 1 N–H and O–H groups in total. The molecular weight excluding hydrogens is 392 g/mol. The van der Waals surface area contributed by atoms with Gasteiger partial charge in [0, 0.05) is 36.1 Å². The fraction of sp³-hybridized carbons (Fsp3) is 0.550. The predicted octanol–water partition coefficient (Wildman–Crippen LogP) is 2.71. The van der Waals surface area contributed by atoms with Gasteiger partial charge in [0.05, 0.1) is 0 Å². The van der Waals surface area contributed by atoms with Crippen LogP contribution in [0.15, 0.2) is 24.3 Å². The first-order valence-corrected chi connectivity index (χ1v) is 10.5. The maximum Gasteiger partial charge on any atom is 0.249 e. The number of benzene rings is 1. The lowest BCUT2D eigenvalue weighted by Crippen LogP contribution is -2.45. The molecule has 3 rings (SSSR count). The van der Waals surface area contributed by atoms with Crippen LogP contribution in [0.25, 0.3) is 11.4 Å². The van der Waals surface area contributed by atoms with Gasteiger partial charge in [-0.2, -0.15) is 4.80 Å². The molecule has 2 aromatic rings. The van der Waals surface area contributed by atoms with E-state index in [0.717, 1.165) is 12.0 Å². The van der Waals surface area contributed by atoms with Crippen molar-refractivity contribution >= 4 is 23.4 Å². The van der Waals surface area contributed by atoms with Crippen LogP contribution in [-0.4, -0.2) is 56.6 Å². The molecule has 29 heavy (non-hydrogen) atoms. The second-order valence-corrected chi connectivity index (χ2v) is 7.69. The molecule has 8 nitrogen and oxygen atoms in total. The summed E-state index contributed by atoms with van der Waals surface area (Å²) in [4.78, 5) is 28.4. The van der Waals surface area contributed by atoms with Gasteiger partial charge in [0.1, 0.15) is 0 Å². The highest BCUT2D eigenvalue weighted by Gasteiger charge is 2.32. The minimum Gasteiger partial charge on any atom is -0.356 e. The van der Waals surface area contributed by atoms with E-state index in [-0.39, 0.29) is 17.7 Å². The zero-order chi connectivity index (χ0) is 20.8. The average Bonchev–Trinajstić information content (AvgIpc) is 3.23. The molecule has 0 radical (unpaired) electrons. The van der Waals surface area contributed by atoms with Crippen LogP contribution in [0.1, 0.15) is 45.6 Å². The molecule has 0 bridgehead atoms. The first-order chi connectivity index (χ1) is 14.0. The first-order valence-electron chi connectivity index (χ1n) is 10.1. The third-order valence-electron chi connectivity index (χ3n) is 5.21. The lowest BCUT2D eigenvalue weighted by molar-refractivity contribution is -0.139. The average molecular weight is 419 g/mol. The van der Waals surface area contributed by atoms with E-state index in [0.29, 0.717) is 49.7 Å². The maximum absolute atomic E-state index is 13.0. The maximum atomic E-state index is 13.0. The molecule has 1 saturated heterocycles. The number of carbonyl (C=O) groups excluding carboxylic acids is 2. The van der Waals surface area contributed by atoms with E-state index in [4.69, 9.17) is 11.6 Å². The lowest BCUT2D eigenvalue weighted by Gasteiger charge is -2.33. The summed E-state index contributed by atoms with van der Waals surface area (Å²) < 4.78 is 0. The molecule has 0 spiro atoms. The molecular formula is C20H27ClN6O2. The van der Waals surface area contributed by atoms with Gasteiger partial charge in [-0.25, -0.2) is 0 Å². The van der Waals surface area contributed by atoms with Crippen LogP contribution in [0.3, 0.4) is 0 Å². The molecule has 2 heterocycles. The van der Waals surface area contributed by atoms with Crippen molar-refractivity contribution < 1.29 is 9.59 Å². The minimum atomic E-state index is -0.506. The molecule has 1 fully saturated rings. The molecule has 1 unspecified atom stereocenters. The van der Waals surface area contributed by atoms with Gasteiger partial charge in [-0.15, -0.1) is 10.2 Å². The fourth-order valence-electron chi connectivity index (χ4n) is 3.47. The Kier molecular flexibility index (Phi) is 7.19. The summed E-state index contributed by atoms with van der Waals surface area (Å²) in [5, 5.41) is 16.2. The van der Waals surface area contributed by atoms with Crippen molar-refractivity contribution in [2.45, 2.75) is 45.6 Å². The van der Waals surface area contributed by atoms with Crippen LogP contribution in [0, 0.1) is 5.92 Å². The minimum absolute atomic E-state index is 0.0216. The van der Waals surface area contributed by atoms with Crippen molar-refractivity contribution in [3.05, 3.63) is 29.3 Å². The van der Waals surface area contributed by atoms with Crippen LogP contribution in [0.5, 0.6) is 0 Å². The van der Waals surface area contributed by atoms with Crippen molar-refractivity contribution in [3.63, 3.8) is 0 Å². The number of rotatable bonds is 7. The number of nitrogens with zero attached hydrogens (tertiary/aromatic N) is 5. The number of aromatic nitrogens is 4. The Bertz CT molecular complexity index is 830. The monoisotopic (exact) mass is 418 g/mol.